The molecule has 0 spiro atoms. The third-order valence-electron chi connectivity index (χ3n) is 6.48. The first-order valence-electron chi connectivity index (χ1n) is 11.5. The van der Waals surface area contributed by atoms with E-state index in [1.807, 2.05) is 24.3 Å². The molecule has 0 saturated carbocycles. The van der Waals surface area contributed by atoms with Crippen LogP contribution in [0.15, 0.2) is 47.4 Å². The number of amides is 2. The molecule has 7 nitrogen and oxygen atoms in total. The number of hydrogen-bond donors (Lipinski definition) is 1. The fraction of sp³-hybridized carbons (Fsp3) is 0.440. The van der Waals surface area contributed by atoms with Gasteiger partial charge >= 0.3 is 0 Å². The first kappa shape index (κ1) is 23.4. The highest BCUT2D eigenvalue weighted by Crippen LogP contribution is 2.35. The topological polar surface area (TPSA) is 86.8 Å². The molecule has 0 unspecified atom stereocenters. The van der Waals surface area contributed by atoms with Crippen molar-refractivity contribution in [3.63, 3.8) is 0 Å². The monoisotopic (exact) mass is 469 g/mol. The standard InChI is InChI=1S/C25H31N3O4S/c1-17(2)19-7-9-21(10-8-19)26-25(30)24-16-20-15-22(11-12-23(20)28(24)18(3)29)33(31,32)27-13-5-4-6-14-27/h7-12,15,17,24H,4-6,13-14,16H2,1-3H3,(H,26,30)/t24-/m1/s1. The minimum Gasteiger partial charge on any atom is -0.324 e. The number of rotatable bonds is 5. The van der Waals surface area contributed by atoms with E-state index in [2.05, 4.69) is 19.2 Å². The van der Waals surface area contributed by atoms with Crippen molar-refractivity contribution in [2.75, 3.05) is 23.3 Å². The van der Waals surface area contributed by atoms with Crippen LogP contribution >= 0.6 is 0 Å². The molecular formula is C25H31N3O4S. The molecule has 2 aliphatic heterocycles. The molecule has 2 aliphatic rings. The molecule has 1 N–H and O–H groups in total. The van der Waals surface area contributed by atoms with Crippen molar-refractivity contribution in [3.8, 4) is 0 Å². The van der Waals surface area contributed by atoms with Crippen LogP contribution in [0.4, 0.5) is 11.4 Å². The van der Waals surface area contributed by atoms with Crippen molar-refractivity contribution in [1.29, 1.82) is 0 Å². The van der Waals surface area contributed by atoms with Crippen molar-refractivity contribution in [2.45, 2.75) is 63.3 Å². The molecule has 1 saturated heterocycles. The average Bonchev–Trinajstić information content (AvgIpc) is 3.19. The van der Waals surface area contributed by atoms with E-state index in [9.17, 15) is 18.0 Å². The number of sulfonamides is 1. The van der Waals surface area contributed by atoms with Crippen LogP contribution in [-0.2, 0) is 26.0 Å². The summed E-state index contributed by atoms with van der Waals surface area (Å²) in [5.41, 5.74) is 3.13. The number of carbonyl (C=O) groups excluding carboxylic acids is 2. The highest BCUT2D eigenvalue weighted by molar-refractivity contribution is 7.89. The third kappa shape index (κ3) is 4.68. The van der Waals surface area contributed by atoms with Crippen LogP contribution in [0.1, 0.15) is 57.1 Å². The Morgan fingerprint density at radius 2 is 1.67 bits per heavy atom. The second kappa shape index (κ2) is 9.27. The lowest BCUT2D eigenvalue weighted by atomic mass is 10.0. The molecule has 0 radical (unpaired) electrons. The highest BCUT2D eigenvalue weighted by Gasteiger charge is 2.38. The van der Waals surface area contributed by atoms with Crippen LogP contribution in [0, 0.1) is 0 Å². The second-order valence-electron chi connectivity index (χ2n) is 9.13. The molecule has 2 amide bonds. The van der Waals surface area contributed by atoms with Gasteiger partial charge in [-0.25, -0.2) is 8.42 Å². The number of fused-ring (bicyclic) bond motifs is 1. The maximum absolute atomic E-state index is 13.1. The Hall–Kier alpha value is -2.71. The maximum atomic E-state index is 13.1. The zero-order valence-electron chi connectivity index (χ0n) is 19.4. The minimum atomic E-state index is -3.59. The van der Waals surface area contributed by atoms with E-state index < -0.39 is 16.1 Å². The Morgan fingerprint density at radius 3 is 2.27 bits per heavy atom. The largest absolute Gasteiger partial charge is 0.324 e. The van der Waals surface area contributed by atoms with E-state index >= 15 is 0 Å². The summed E-state index contributed by atoms with van der Waals surface area (Å²) in [6.45, 7) is 6.69. The quantitative estimate of drug-likeness (QED) is 0.720. The van der Waals surface area contributed by atoms with Crippen LogP contribution in [0.3, 0.4) is 0 Å². The lowest BCUT2D eigenvalue weighted by Gasteiger charge is -2.26. The first-order chi connectivity index (χ1) is 15.7. The molecule has 0 aliphatic carbocycles. The second-order valence-corrected chi connectivity index (χ2v) is 11.1. The molecular weight excluding hydrogens is 438 g/mol. The van der Waals surface area contributed by atoms with Crippen LogP contribution in [0.25, 0.3) is 0 Å². The Morgan fingerprint density at radius 1 is 1.00 bits per heavy atom. The van der Waals surface area contributed by atoms with Crippen LogP contribution in [0.5, 0.6) is 0 Å². The molecule has 2 aromatic rings. The summed E-state index contributed by atoms with van der Waals surface area (Å²) in [6.07, 6.45) is 3.04. The minimum absolute atomic E-state index is 0.219. The van der Waals surface area contributed by atoms with Gasteiger partial charge in [-0.2, -0.15) is 4.31 Å². The fourth-order valence-electron chi connectivity index (χ4n) is 4.62. The van der Waals surface area contributed by atoms with E-state index in [1.165, 1.54) is 21.7 Å². The summed E-state index contributed by atoms with van der Waals surface area (Å²) in [4.78, 5) is 27.2. The summed E-state index contributed by atoms with van der Waals surface area (Å²) in [5, 5.41) is 2.91. The first-order valence-corrected chi connectivity index (χ1v) is 13.0. The van der Waals surface area contributed by atoms with Gasteiger partial charge in [0, 0.05) is 37.8 Å². The summed E-state index contributed by atoms with van der Waals surface area (Å²) in [7, 11) is -3.59. The smallest absolute Gasteiger partial charge is 0.247 e. The van der Waals surface area contributed by atoms with E-state index in [4.69, 9.17) is 0 Å². The summed E-state index contributed by atoms with van der Waals surface area (Å²) >= 11 is 0. The van der Waals surface area contributed by atoms with Crippen molar-refractivity contribution in [3.05, 3.63) is 53.6 Å². The van der Waals surface area contributed by atoms with Crippen molar-refractivity contribution in [1.82, 2.24) is 4.31 Å². The SMILES string of the molecule is CC(=O)N1c2ccc(S(=O)(=O)N3CCCCC3)cc2C[C@@H]1C(=O)Nc1ccc(C(C)C)cc1. The van der Waals surface area contributed by atoms with Crippen molar-refractivity contribution >= 4 is 33.2 Å². The lowest BCUT2D eigenvalue weighted by Crippen LogP contribution is -2.44. The molecule has 1 fully saturated rings. The number of nitrogens with one attached hydrogen (secondary N) is 1. The normalized spacial score (nSPS) is 18.9. The van der Waals surface area contributed by atoms with E-state index in [1.54, 1.807) is 18.2 Å². The summed E-state index contributed by atoms with van der Waals surface area (Å²) < 4.78 is 27.7. The molecule has 33 heavy (non-hydrogen) atoms. The number of nitrogens with zero attached hydrogens (tertiary/aromatic N) is 2. The summed E-state index contributed by atoms with van der Waals surface area (Å²) in [5.74, 6) is -0.155. The van der Waals surface area contributed by atoms with Gasteiger partial charge in [0.1, 0.15) is 6.04 Å². The van der Waals surface area contributed by atoms with Gasteiger partial charge in [-0.3, -0.25) is 14.5 Å². The van der Waals surface area contributed by atoms with Crippen molar-refractivity contribution in [2.24, 2.45) is 0 Å². The Balaban J connectivity index is 1.57. The van der Waals surface area contributed by atoms with Gasteiger partial charge in [0.15, 0.2) is 0 Å². The Bertz CT molecular complexity index is 1150. The zero-order valence-corrected chi connectivity index (χ0v) is 20.2. The molecule has 1 atom stereocenters. The van der Waals surface area contributed by atoms with Crippen LogP contribution in [-0.4, -0.2) is 43.7 Å². The molecule has 0 bridgehead atoms. The Kier molecular flexibility index (Phi) is 6.59. The predicted octanol–water partition coefficient (Wildman–Crippen LogP) is 3.90. The predicted molar refractivity (Wildman–Crippen MR) is 129 cm³/mol. The molecule has 2 aromatic carbocycles. The van der Waals surface area contributed by atoms with Crippen LogP contribution in [0.2, 0.25) is 0 Å². The van der Waals surface area contributed by atoms with E-state index in [0.29, 0.717) is 35.9 Å². The van der Waals surface area contributed by atoms with Crippen molar-refractivity contribution < 1.29 is 18.0 Å². The number of hydrogen-bond acceptors (Lipinski definition) is 4. The molecule has 176 valence electrons. The average molecular weight is 470 g/mol. The van der Waals surface area contributed by atoms with Gasteiger partial charge in [0.25, 0.3) is 0 Å². The third-order valence-corrected chi connectivity index (χ3v) is 8.37. The van der Waals surface area contributed by atoms with Gasteiger partial charge in [-0.05, 0) is 60.2 Å². The maximum Gasteiger partial charge on any atom is 0.247 e. The molecule has 4 rings (SSSR count). The van der Waals surface area contributed by atoms with Gasteiger partial charge in [0.2, 0.25) is 21.8 Å². The highest BCUT2D eigenvalue weighted by atomic mass is 32.2. The van der Waals surface area contributed by atoms with Gasteiger partial charge in [0.05, 0.1) is 4.90 Å². The number of benzene rings is 2. The summed E-state index contributed by atoms with van der Waals surface area (Å²) in [6, 6.07) is 11.8. The van der Waals surface area contributed by atoms with Crippen LogP contribution < -0.4 is 10.2 Å². The van der Waals surface area contributed by atoms with Gasteiger partial charge < -0.3 is 5.32 Å². The Labute approximate surface area is 195 Å². The fourth-order valence-corrected chi connectivity index (χ4v) is 6.19. The lowest BCUT2D eigenvalue weighted by molar-refractivity contribution is -0.122. The number of piperidine rings is 1. The molecule has 8 heteroatoms. The molecule has 0 aromatic heterocycles. The number of anilines is 2. The molecule has 2 heterocycles. The zero-order chi connectivity index (χ0) is 23.8. The van der Waals surface area contributed by atoms with Gasteiger partial charge in [-0.15, -0.1) is 0 Å². The number of carbonyl (C=O) groups is 2. The van der Waals surface area contributed by atoms with E-state index in [0.717, 1.165) is 19.3 Å². The van der Waals surface area contributed by atoms with Gasteiger partial charge in [-0.1, -0.05) is 32.4 Å². The van der Waals surface area contributed by atoms with E-state index in [-0.39, 0.29) is 23.1 Å².